The van der Waals surface area contributed by atoms with Crippen molar-refractivity contribution >= 4 is 17.3 Å². The molecular formula is C20H18F2O3. The molecule has 25 heavy (non-hydrogen) atoms. The van der Waals surface area contributed by atoms with Crippen LogP contribution in [0.15, 0.2) is 17.7 Å². The average molecular weight is 344 g/mol. The van der Waals surface area contributed by atoms with E-state index in [1.165, 1.54) is 0 Å². The SMILES string of the molecule is O=C1C(C(=O)C23CC4CC(CC(C4)C2)C3)=C(O)c2cc(F)c(F)cc21. The maximum absolute atomic E-state index is 13.5. The number of benzene rings is 1. The third-order valence-corrected chi connectivity index (χ3v) is 6.77. The molecule has 4 saturated carbocycles. The molecule has 5 heteroatoms. The van der Waals surface area contributed by atoms with Crippen molar-refractivity contribution in [3.05, 3.63) is 40.5 Å². The first-order valence-electron chi connectivity index (χ1n) is 8.90. The molecule has 0 saturated heterocycles. The lowest BCUT2D eigenvalue weighted by atomic mass is 9.48. The first kappa shape index (κ1) is 15.2. The van der Waals surface area contributed by atoms with Gasteiger partial charge < -0.3 is 5.11 Å². The summed E-state index contributed by atoms with van der Waals surface area (Å²) in [6, 6.07) is 1.58. The van der Waals surface area contributed by atoms with E-state index in [1.54, 1.807) is 0 Å². The Morgan fingerprint density at radius 1 is 0.960 bits per heavy atom. The largest absolute Gasteiger partial charge is 0.506 e. The summed E-state index contributed by atoms with van der Waals surface area (Å²) >= 11 is 0. The van der Waals surface area contributed by atoms with Gasteiger partial charge in [-0.1, -0.05) is 0 Å². The van der Waals surface area contributed by atoms with Crippen molar-refractivity contribution in [3.63, 3.8) is 0 Å². The Morgan fingerprint density at radius 2 is 1.44 bits per heavy atom. The topological polar surface area (TPSA) is 54.4 Å². The summed E-state index contributed by atoms with van der Waals surface area (Å²) in [5.74, 6) is -2.20. The number of Topliss-reactive ketones (excluding diaryl/α,β-unsaturated/α-hetero) is 2. The van der Waals surface area contributed by atoms with Crippen LogP contribution >= 0.6 is 0 Å². The molecule has 4 fully saturated rings. The minimum Gasteiger partial charge on any atom is -0.506 e. The first-order chi connectivity index (χ1) is 11.9. The van der Waals surface area contributed by atoms with Gasteiger partial charge in [-0.05, 0) is 68.4 Å². The Balaban J connectivity index is 1.58. The van der Waals surface area contributed by atoms with Gasteiger partial charge in [0.1, 0.15) is 11.3 Å². The number of hydrogen-bond donors (Lipinski definition) is 1. The number of carbonyl (C=O) groups excluding carboxylic acids is 2. The van der Waals surface area contributed by atoms with Gasteiger partial charge in [-0.3, -0.25) is 9.59 Å². The summed E-state index contributed by atoms with van der Waals surface area (Å²) in [6.45, 7) is 0. The predicted octanol–water partition coefficient (Wildman–Crippen LogP) is 4.22. The first-order valence-corrected chi connectivity index (χ1v) is 8.90. The second kappa shape index (κ2) is 4.77. The summed E-state index contributed by atoms with van der Waals surface area (Å²) in [4.78, 5) is 26.0. The van der Waals surface area contributed by atoms with E-state index in [0.29, 0.717) is 17.8 Å². The van der Waals surface area contributed by atoms with Crippen molar-refractivity contribution < 1.29 is 23.5 Å². The number of aliphatic hydroxyl groups excluding tert-OH is 1. The van der Waals surface area contributed by atoms with Crippen molar-refractivity contribution in [3.8, 4) is 0 Å². The molecule has 0 radical (unpaired) electrons. The van der Waals surface area contributed by atoms with Gasteiger partial charge in [0.2, 0.25) is 5.78 Å². The zero-order chi connectivity index (χ0) is 17.5. The Hall–Kier alpha value is -2.04. The van der Waals surface area contributed by atoms with Crippen LogP contribution in [0.5, 0.6) is 0 Å². The standard InChI is InChI=1S/C20H18F2O3/c21-14-4-12-13(5-15(14)22)18(24)16(17(12)23)19(25)20-6-9-1-10(7-20)3-11(2-9)8-20/h4-5,9-11,23H,1-3,6-8H2. The molecule has 1 N–H and O–H groups in total. The maximum Gasteiger partial charge on any atom is 0.201 e. The summed E-state index contributed by atoms with van der Waals surface area (Å²) in [5, 5.41) is 10.4. The van der Waals surface area contributed by atoms with Crippen molar-refractivity contribution in [2.45, 2.75) is 38.5 Å². The monoisotopic (exact) mass is 344 g/mol. The van der Waals surface area contributed by atoms with E-state index in [4.69, 9.17) is 0 Å². The molecule has 0 unspecified atom stereocenters. The number of rotatable bonds is 2. The lowest BCUT2D eigenvalue weighted by Crippen LogP contribution is -2.50. The highest BCUT2D eigenvalue weighted by Gasteiger charge is 2.56. The quantitative estimate of drug-likeness (QED) is 0.818. The van der Waals surface area contributed by atoms with Crippen LogP contribution < -0.4 is 0 Å². The molecule has 130 valence electrons. The van der Waals surface area contributed by atoms with Crippen LogP contribution in [0.2, 0.25) is 0 Å². The summed E-state index contributed by atoms with van der Waals surface area (Å²) < 4.78 is 27.0. The molecule has 6 rings (SSSR count). The van der Waals surface area contributed by atoms with Crippen LogP contribution in [0.1, 0.15) is 54.4 Å². The van der Waals surface area contributed by atoms with Crippen LogP contribution in [-0.4, -0.2) is 16.7 Å². The molecule has 0 aromatic heterocycles. The van der Waals surface area contributed by atoms with E-state index in [0.717, 1.165) is 50.7 Å². The molecule has 5 aliphatic rings. The van der Waals surface area contributed by atoms with Crippen LogP contribution in [-0.2, 0) is 4.79 Å². The number of ketones is 2. The smallest absolute Gasteiger partial charge is 0.201 e. The number of allylic oxidation sites excluding steroid dienone is 1. The van der Waals surface area contributed by atoms with Crippen LogP contribution in [0.4, 0.5) is 8.78 Å². The second-order valence-corrected chi connectivity index (χ2v) is 8.39. The van der Waals surface area contributed by atoms with Gasteiger partial charge in [-0.15, -0.1) is 0 Å². The number of hydrogen-bond acceptors (Lipinski definition) is 3. The maximum atomic E-state index is 13.5. The molecule has 0 amide bonds. The lowest BCUT2D eigenvalue weighted by molar-refractivity contribution is -0.139. The van der Waals surface area contributed by atoms with Gasteiger partial charge in [-0.25, -0.2) is 8.78 Å². The van der Waals surface area contributed by atoms with Gasteiger partial charge in [0.25, 0.3) is 0 Å². The van der Waals surface area contributed by atoms with Crippen molar-refractivity contribution in [2.75, 3.05) is 0 Å². The number of aliphatic hydroxyl groups is 1. The second-order valence-electron chi connectivity index (χ2n) is 8.39. The molecule has 0 heterocycles. The van der Waals surface area contributed by atoms with E-state index in [2.05, 4.69) is 0 Å². The number of carbonyl (C=O) groups is 2. The van der Waals surface area contributed by atoms with Crippen LogP contribution in [0.25, 0.3) is 5.76 Å². The Labute approximate surface area is 143 Å². The van der Waals surface area contributed by atoms with E-state index in [9.17, 15) is 23.5 Å². The van der Waals surface area contributed by atoms with Crippen molar-refractivity contribution in [1.29, 1.82) is 0 Å². The minimum absolute atomic E-state index is 0.0722. The minimum atomic E-state index is -1.15. The zero-order valence-corrected chi connectivity index (χ0v) is 13.6. The molecule has 4 bridgehead atoms. The van der Waals surface area contributed by atoms with Gasteiger partial charge in [0, 0.05) is 16.5 Å². The molecular weight excluding hydrogens is 326 g/mol. The van der Waals surface area contributed by atoms with Gasteiger partial charge in [-0.2, -0.15) is 0 Å². The summed E-state index contributed by atoms with van der Waals surface area (Å²) in [5.41, 5.74) is -1.03. The van der Waals surface area contributed by atoms with E-state index < -0.39 is 28.6 Å². The fraction of sp³-hybridized carbons (Fsp3) is 0.500. The zero-order valence-electron chi connectivity index (χ0n) is 13.6. The average Bonchev–Trinajstić information content (AvgIpc) is 2.77. The number of halogens is 2. The Bertz CT molecular complexity index is 833. The van der Waals surface area contributed by atoms with Gasteiger partial charge >= 0.3 is 0 Å². The molecule has 3 nitrogen and oxygen atoms in total. The lowest BCUT2D eigenvalue weighted by Gasteiger charge is -2.55. The molecule has 1 aromatic carbocycles. The van der Waals surface area contributed by atoms with E-state index >= 15 is 0 Å². The molecule has 0 atom stereocenters. The van der Waals surface area contributed by atoms with E-state index in [-0.39, 0.29) is 22.5 Å². The highest BCUT2D eigenvalue weighted by molar-refractivity contribution is 6.35. The molecule has 0 aliphatic heterocycles. The summed E-state index contributed by atoms with van der Waals surface area (Å²) in [7, 11) is 0. The highest BCUT2D eigenvalue weighted by atomic mass is 19.2. The summed E-state index contributed by atoms with van der Waals surface area (Å²) in [6.07, 6.45) is 5.76. The predicted molar refractivity (Wildman–Crippen MR) is 85.8 cm³/mol. The highest BCUT2D eigenvalue weighted by Crippen LogP contribution is 2.61. The fourth-order valence-corrected chi connectivity index (χ4v) is 6.17. The van der Waals surface area contributed by atoms with Crippen LogP contribution in [0, 0.1) is 34.8 Å². The third-order valence-electron chi connectivity index (χ3n) is 6.77. The molecule has 0 spiro atoms. The number of fused-ring (bicyclic) bond motifs is 1. The van der Waals surface area contributed by atoms with Crippen molar-refractivity contribution in [1.82, 2.24) is 0 Å². The Kier molecular flexibility index (Phi) is 2.91. The van der Waals surface area contributed by atoms with E-state index in [1.807, 2.05) is 0 Å². The molecule has 1 aromatic rings. The fourth-order valence-electron chi connectivity index (χ4n) is 6.17. The molecule has 5 aliphatic carbocycles. The van der Waals surface area contributed by atoms with Crippen molar-refractivity contribution in [2.24, 2.45) is 23.2 Å². The Morgan fingerprint density at radius 3 is 1.96 bits per heavy atom. The van der Waals surface area contributed by atoms with Gasteiger partial charge in [0.15, 0.2) is 17.4 Å². The van der Waals surface area contributed by atoms with Crippen LogP contribution in [0.3, 0.4) is 0 Å². The third kappa shape index (κ3) is 1.95. The van der Waals surface area contributed by atoms with Gasteiger partial charge in [0.05, 0.1) is 0 Å². The normalized spacial score (nSPS) is 35.4.